The second-order valence-corrected chi connectivity index (χ2v) is 16.3. The molecule has 11 heteroatoms. The van der Waals surface area contributed by atoms with Gasteiger partial charge in [0.2, 0.25) is 5.91 Å². The molecule has 1 heterocycles. The number of benzene rings is 3. The van der Waals surface area contributed by atoms with Gasteiger partial charge in [-0.1, -0.05) is 72.8 Å². The molecule has 2 amide bonds. The Bertz CT molecular complexity index is 1950. The first-order valence-electron chi connectivity index (χ1n) is 20.4. The highest BCUT2D eigenvalue weighted by molar-refractivity contribution is 5.98. The molecule has 0 bridgehead atoms. The molecule has 1 fully saturated rings. The standard InChI is InChI=1S/C47H59N3O8/c1-47(2,3)58-46(56)49-30-41(45(55)50-37-21-20-36-29-48-26-25-35(36)27-37)34-18-15-33(16-19-34)31-57-44(54)14-10-5-4-9-13-39-40(43(53)28-42(39)52)24-23-38(51)22-17-32-11-7-6-8-12-32/h4,6-9,11-12,15-16,18-21,25-27,29,38-43,51-53H,5,10,13-14,17,22-24,28,30-31H2,1-3H3,(H,49,56)(H,50,55)/t38-,39+,40+,41?,42-,43+/m0/s1. The Kier molecular flexibility index (Phi) is 16.4. The predicted octanol–water partition coefficient (Wildman–Crippen LogP) is 7.77. The third-order valence-electron chi connectivity index (χ3n) is 10.6. The van der Waals surface area contributed by atoms with Gasteiger partial charge in [0.05, 0.1) is 24.2 Å². The summed E-state index contributed by atoms with van der Waals surface area (Å²) in [6, 6.07) is 24.7. The van der Waals surface area contributed by atoms with Crippen molar-refractivity contribution in [3.8, 4) is 0 Å². The fourth-order valence-electron chi connectivity index (χ4n) is 7.48. The predicted molar refractivity (Wildman–Crippen MR) is 225 cm³/mol. The van der Waals surface area contributed by atoms with Crippen molar-refractivity contribution in [3.63, 3.8) is 0 Å². The van der Waals surface area contributed by atoms with Crippen LogP contribution in [0.1, 0.15) is 94.7 Å². The minimum atomic E-state index is -0.735. The third kappa shape index (κ3) is 14.1. The number of carbonyl (C=O) groups excluding carboxylic acids is 3. The number of esters is 1. The van der Waals surface area contributed by atoms with Crippen LogP contribution in [0, 0.1) is 11.8 Å². The number of aromatic nitrogens is 1. The molecule has 58 heavy (non-hydrogen) atoms. The number of hydrogen-bond donors (Lipinski definition) is 5. The number of pyridine rings is 1. The lowest BCUT2D eigenvalue weighted by molar-refractivity contribution is -0.145. The van der Waals surface area contributed by atoms with E-state index in [2.05, 4.69) is 27.8 Å². The Labute approximate surface area is 341 Å². The number of carbonyl (C=O) groups is 3. The summed E-state index contributed by atoms with van der Waals surface area (Å²) in [6.07, 6.45) is 10.5. The molecule has 6 atom stereocenters. The molecule has 4 aromatic rings. The molecule has 0 spiro atoms. The van der Waals surface area contributed by atoms with Gasteiger partial charge in [0.1, 0.15) is 12.2 Å². The Balaban J connectivity index is 1.05. The fraction of sp³-hybridized carbons (Fsp3) is 0.447. The number of allylic oxidation sites excluding steroid dienone is 2. The quantitative estimate of drug-likeness (QED) is 0.0362. The highest BCUT2D eigenvalue weighted by Gasteiger charge is 2.40. The largest absolute Gasteiger partial charge is 0.461 e. The van der Waals surface area contributed by atoms with Gasteiger partial charge in [-0.15, -0.1) is 0 Å². The maximum atomic E-state index is 13.6. The lowest BCUT2D eigenvalue weighted by Gasteiger charge is -2.23. The molecular formula is C47H59N3O8. The van der Waals surface area contributed by atoms with Crippen LogP contribution in [0.2, 0.25) is 0 Å². The fourth-order valence-corrected chi connectivity index (χ4v) is 7.48. The zero-order valence-corrected chi connectivity index (χ0v) is 33.9. The summed E-state index contributed by atoms with van der Waals surface area (Å²) >= 11 is 0. The smallest absolute Gasteiger partial charge is 0.407 e. The number of nitrogens with zero attached hydrogens (tertiary/aromatic N) is 1. The maximum absolute atomic E-state index is 13.6. The highest BCUT2D eigenvalue weighted by Crippen LogP contribution is 2.38. The molecule has 3 aromatic carbocycles. The van der Waals surface area contributed by atoms with E-state index in [1.807, 2.05) is 48.6 Å². The van der Waals surface area contributed by atoms with Crippen molar-refractivity contribution < 1.29 is 39.2 Å². The van der Waals surface area contributed by atoms with Crippen molar-refractivity contribution >= 4 is 34.4 Å². The summed E-state index contributed by atoms with van der Waals surface area (Å²) in [7, 11) is 0. The third-order valence-corrected chi connectivity index (χ3v) is 10.6. The molecule has 310 valence electrons. The number of aliphatic hydroxyl groups excluding tert-OH is 3. The average molecular weight is 794 g/mol. The van der Waals surface area contributed by atoms with Gasteiger partial charge in [-0.05, 0) is 124 Å². The topological polar surface area (TPSA) is 167 Å². The molecule has 5 N–H and O–H groups in total. The van der Waals surface area contributed by atoms with E-state index in [9.17, 15) is 29.7 Å². The number of aliphatic hydroxyl groups is 3. The van der Waals surface area contributed by atoms with E-state index in [1.54, 1.807) is 63.5 Å². The van der Waals surface area contributed by atoms with Crippen molar-refractivity contribution in [2.24, 2.45) is 11.8 Å². The van der Waals surface area contributed by atoms with Gasteiger partial charge in [0.15, 0.2) is 0 Å². The van der Waals surface area contributed by atoms with Crippen LogP contribution in [-0.2, 0) is 32.1 Å². The summed E-state index contributed by atoms with van der Waals surface area (Å²) in [5.41, 5.74) is 2.54. The summed E-state index contributed by atoms with van der Waals surface area (Å²) in [6.45, 7) is 5.39. The van der Waals surface area contributed by atoms with E-state index in [0.717, 1.165) is 22.8 Å². The molecule has 1 aromatic heterocycles. The number of rotatable bonds is 19. The first-order valence-corrected chi connectivity index (χ1v) is 20.4. The van der Waals surface area contributed by atoms with Gasteiger partial charge in [-0.25, -0.2) is 4.79 Å². The van der Waals surface area contributed by atoms with Crippen LogP contribution in [0.3, 0.4) is 0 Å². The molecule has 0 aliphatic heterocycles. The van der Waals surface area contributed by atoms with Crippen LogP contribution in [-0.4, -0.2) is 68.7 Å². The molecule has 1 aliphatic rings. The maximum Gasteiger partial charge on any atom is 0.407 e. The molecule has 0 radical (unpaired) electrons. The van der Waals surface area contributed by atoms with Gasteiger partial charge in [-0.2, -0.15) is 0 Å². The van der Waals surface area contributed by atoms with Crippen LogP contribution in [0.25, 0.3) is 10.8 Å². The molecule has 1 aliphatic carbocycles. The van der Waals surface area contributed by atoms with Crippen molar-refractivity contribution in [2.45, 2.75) is 115 Å². The summed E-state index contributed by atoms with van der Waals surface area (Å²) in [4.78, 5) is 42.8. The van der Waals surface area contributed by atoms with Crippen molar-refractivity contribution in [1.82, 2.24) is 10.3 Å². The Morgan fingerprint density at radius 2 is 1.66 bits per heavy atom. The lowest BCUT2D eigenvalue weighted by atomic mass is 9.85. The monoisotopic (exact) mass is 793 g/mol. The van der Waals surface area contributed by atoms with E-state index in [1.165, 1.54) is 5.56 Å². The highest BCUT2D eigenvalue weighted by atomic mass is 16.6. The number of ether oxygens (including phenoxy) is 2. The van der Waals surface area contributed by atoms with Crippen LogP contribution in [0.15, 0.2) is 103 Å². The molecule has 11 nitrogen and oxygen atoms in total. The van der Waals surface area contributed by atoms with E-state index in [-0.39, 0.29) is 43.3 Å². The summed E-state index contributed by atoms with van der Waals surface area (Å²) < 4.78 is 10.9. The van der Waals surface area contributed by atoms with E-state index in [4.69, 9.17) is 9.47 Å². The van der Waals surface area contributed by atoms with Crippen molar-refractivity contribution in [2.75, 3.05) is 11.9 Å². The van der Waals surface area contributed by atoms with Crippen LogP contribution in [0.5, 0.6) is 0 Å². The number of nitrogens with one attached hydrogen (secondary N) is 2. The second-order valence-electron chi connectivity index (χ2n) is 16.3. The number of unbranched alkanes of at least 4 members (excludes halogenated alkanes) is 1. The Hall–Kier alpha value is -5.10. The number of hydrogen-bond acceptors (Lipinski definition) is 9. The van der Waals surface area contributed by atoms with Gasteiger partial charge in [0, 0.05) is 36.4 Å². The molecule has 1 unspecified atom stereocenters. The van der Waals surface area contributed by atoms with Crippen molar-refractivity contribution in [1.29, 1.82) is 0 Å². The number of aryl methyl sites for hydroxylation is 1. The average Bonchev–Trinajstić information content (AvgIpc) is 3.47. The van der Waals surface area contributed by atoms with E-state index < -0.39 is 35.9 Å². The number of fused-ring (bicyclic) bond motifs is 1. The molecule has 0 saturated heterocycles. The first kappa shape index (κ1) is 44.0. The van der Waals surface area contributed by atoms with Crippen molar-refractivity contribution in [3.05, 3.63) is 120 Å². The normalized spacial score (nSPS) is 19.1. The molecular weight excluding hydrogens is 735 g/mol. The van der Waals surface area contributed by atoms with Crippen LogP contribution in [0.4, 0.5) is 10.5 Å². The Morgan fingerprint density at radius 3 is 2.41 bits per heavy atom. The number of alkyl carbamates (subject to hydrolysis) is 1. The minimum Gasteiger partial charge on any atom is -0.461 e. The first-order chi connectivity index (χ1) is 27.8. The molecule has 5 rings (SSSR count). The van der Waals surface area contributed by atoms with Gasteiger partial charge in [0.25, 0.3) is 0 Å². The zero-order valence-electron chi connectivity index (χ0n) is 33.9. The van der Waals surface area contributed by atoms with Gasteiger partial charge in [-0.3, -0.25) is 14.6 Å². The van der Waals surface area contributed by atoms with Gasteiger partial charge >= 0.3 is 12.1 Å². The lowest BCUT2D eigenvalue weighted by Crippen LogP contribution is -2.37. The van der Waals surface area contributed by atoms with Gasteiger partial charge < -0.3 is 35.4 Å². The number of amides is 2. The van der Waals surface area contributed by atoms with E-state index in [0.29, 0.717) is 56.2 Å². The van der Waals surface area contributed by atoms with Crippen LogP contribution >= 0.6 is 0 Å². The summed E-state index contributed by atoms with van der Waals surface area (Å²) in [5.74, 6) is -1.50. The van der Waals surface area contributed by atoms with Crippen LogP contribution < -0.4 is 10.6 Å². The minimum absolute atomic E-state index is 0.00447. The SMILES string of the molecule is CC(C)(C)OC(=O)NCC(C(=O)Nc1ccc2cnccc2c1)c1ccc(COC(=O)CCCC=CC[C@@H]2[C@@H](CC[C@@H](O)CCc3ccccc3)[C@H](O)C[C@@H]2O)cc1. The molecule has 1 saturated carbocycles. The summed E-state index contributed by atoms with van der Waals surface area (Å²) in [5, 5.41) is 39.4. The zero-order chi connectivity index (χ0) is 41.5. The van der Waals surface area contributed by atoms with E-state index >= 15 is 0 Å². The Morgan fingerprint density at radius 1 is 0.897 bits per heavy atom. The number of anilines is 1. The second kappa shape index (κ2) is 21.6.